The van der Waals surface area contributed by atoms with Crippen molar-refractivity contribution >= 4 is 0 Å². The van der Waals surface area contributed by atoms with Crippen LogP contribution in [0.2, 0.25) is 0 Å². The first-order chi connectivity index (χ1) is 27.8. The fourth-order valence-corrected chi connectivity index (χ4v) is 8.23. The molecule has 57 heavy (non-hydrogen) atoms. The molecule has 0 bridgehead atoms. The van der Waals surface area contributed by atoms with Crippen LogP contribution < -0.4 is 0 Å². The molecular formula is C52H41IrN4-3. The molecule has 1 radical (unpaired) electrons. The van der Waals surface area contributed by atoms with E-state index in [-0.39, 0.29) is 20.1 Å². The van der Waals surface area contributed by atoms with E-state index in [1.807, 2.05) is 85.5 Å². The maximum absolute atomic E-state index is 4.46. The summed E-state index contributed by atoms with van der Waals surface area (Å²) in [6.45, 7) is 0. The molecule has 0 spiro atoms. The van der Waals surface area contributed by atoms with E-state index in [0.29, 0.717) is 0 Å². The van der Waals surface area contributed by atoms with Crippen molar-refractivity contribution in [2.24, 2.45) is 0 Å². The first-order valence-corrected chi connectivity index (χ1v) is 19.6. The van der Waals surface area contributed by atoms with E-state index < -0.39 is 0 Å². The molecule has 8 aromatic rings. The Kier molecular flexibility index (Phi) is 12.0. The van der Waals surface area contributed by atoms with Crippen LogP contribution in [0.15, 0.2) is 152 Å². The van der Waals surface area contributed by atoms with E-state index in [1.54, 1.807) is 0 Å². The third kappa shape index (κ3) is 8.32. The van der Waals surface area contributed by atoms with Gasteiger partial charge in [0.2, 0.25) is 0 Å². The fraction of sp³-hybridized carbons (Fsp3) is 0.154. The molecule has 4 aromatic carbocycles. The van der Waals surface area contributed by atoms with Crippen LogP contribution in [0.5, 0.6) is 0 Å². The summed E-state index contributed by atoms with van der Waals surface area (Å²) in [5.74, 6) is 0. The standard InChI is InChI=1S/C13H11N.3C13H10N.Ir/c4*1-2-6-12-10(4-1)7-8-11-5-3-9-14-13(11)12;/h1-6,9H,7-8H2;3*1-5,9H,7-8H2;/q;3*-1;. The van der Waals surface area contributed by atoms with E-state index in [0.717, 1.165) is 68.4 Å². The first kappa shape index (κ1) is 38.0. The normalized spacial score (nSPS) is 12.9. The average Bonchev–Trinajstić information content (AvgIpc) is 3.29. The number of pyridine rings is 4. The summed E-state index contributed by atoms with van der Waals surface area (Å²) in [6, 6.07) is 53.6. The Morgan fingerprint density at radius 2 is 0.596 bits per heavy atom. The van der Waals surface area contributed by atoms with Crippen molar-refractivity contribution in [1.29, 1.82) is 0 Å². The van der Waals surface area contributed by atoms with Gasteiger partial charge in [-0.25, -0.2) is 0 Å². The van der Waals surface area contributed by atoms with Crippen LogP contribution in [0.1, 0.15) is 44.5 Å². The van der Waals surface area contributed by atoms with Crippen molar-refractivity contribution in [3.05, 3.63) is 215 Å². The number of aromatic nitrogens is 4. The Morgan fingerprint density at radius 1 is 0.298 bits per heavy atom. The van der Waals surface area contributed by atoms with Gasteiger partial charge in [-0.15, -0.1) is 106 Å². The molecule has 0 N–H and O–H groups in total. The van der Waals surface area contributed by atoms with Gasteiger partial charge in [0.05, 0.1) is 5.69 Å². The zero-order valence-electron chi connectivity index (χ0n) is 31.7. The number of aryl methyl sites for hydroxylation is 8. The van der Waals surface area contributed by atoms with Crippen LogP contribution in [0, 0.1) is 18.2 Å². The van der Waals surface area contributed by atoms with Gasteiger partial charge in [0.25, 0.3) is 0 Å². The number of rotatable bonds is 0. The molecule has 281 valence electrons. The quantitative estimate of drug-likeness (QED) is 0.142. The van der Waals surface area contributed by atoms with Crippen molar-refractivity contribution in [2.75, 3.05) is 0 Å². The zero-order valence-corrected chi connectivity index (χ0v) is 34.1. The second-order valence-electron chi connectivity index (χ2n) is 14.4. The minimum atomic E-state index is 0. The predicted molar refractivity (Wildman–Crippen MR) is 225 cm³/mol. The van der Waals surface area contributed by atoms with Crippen molar-refractivity contribution in [1.82, 2.24) is 19.9 Å². The number of benzene rings is 4. The van der Waals surface area contributed by atoms with E-state index in [2.05, 4.69) is 105 Å². The van der Waals surface area contributed by atoms with Crippen LogP contribution in [0.4, 0.5) is 0 Å². The van der Waals surface area contributed by atoms with Gasteiger partial charge in [0.15, 0.2) is 0 Å². The van der Waals surface area contributed by atoms with E-state index in [4.69, 9.17) is 0 Å². The number of hydrogen-bond acceptors (Lipinski definition) is 4. The Morgan fingerprint density at radius 3 is 1.02 bits per heavy atom. The van der Waals surface area contributed by atoms with Crippen LogP contribution in [-0.2, 0) is 71.5 Å². The molecule has 5 heteroatoms. The molecule has 4 heterocycles. The summed E-state index contributed by atoms with van der Waals surface area (Å²) in [6.07, 6.45) is 16.4. The molecule has 12 rings (SSSR count). The van der Waals surface area contributed by atoms with Crippen molar-refractivity contribution in [3.8, 4) is 45.0 Å². The molecule has 4 aromatic heterocycles. The average molecular weight is 914 g/mol. The third-order valence-electron chi connectivity index (χ3n) is 11.0. The maximum atomic E-state index is 4.46. The van der Waals surface area contributed by atoms with Crippen molar-refractivity contribution in [3.63, 3.8) is 0 Å². The minimum absolute atomic E-state index is 0. The summed E-state index contributed by atoms with van der Waals surface area (Å²) in [5, 5.41) is 0. The van der Waals surface area contributed by atoms with Gasteiger partial charge >= 0.3 is 0 Å². The topological polar surface area (TPSA) is 51.6 Å². The zero-order chi connectivity index (χ0) is 37.5. The molecule has 0 unspecified atom stereocenters. The molecule has 0 fully saturated rings. The SMILES string of the molecule is [Ir].[c-]1cccc2c1-c1ncccc1CC2.[c-]1cccc2c1-c1ncccc1CC2.[c-]1cccc2c1-c1ncccc1CC2.c1ccc2c(c1)CCc1cccnc1-2. The van der Waals surface area contributed by atoms with Gasteiger partial charge in [0, 0.05) is 50.5 Å². The van der Waals surface area contributed by atoms with Crippen molar-refractivity contribution < 1.29 is 20.1 Å². The van der Waals surface area contributed by atoms with Crippen LogP contribution in [0.25, 0.3) is 45.0 Å². The summed E-state index contributed by atoms with van der Waals surface area (Å²) < 4.78 is 0. The largest absolute Gasteiger partial charge is 0.304 e. The van der Waals surface area contributed by atoms with Gasteiger partial charge in [-0.1, -0.05) is 84.5 Å². The summed E-state index contributed by atoms with van der Waals surface area (Å²) in [4.78, 5) is 17.7. The van der Waals surface area contributed by atoms with Gasteiger partial charge < -0.3 is 15.0 Å². The Bertz CT molecular complexity index is 2090. The Labute approximate surface area is 349 Å². The molecule has 4 aliphatic rings. The predicted octanol–water partition coefficient (Wildman–Crippen LogP) is 10.8. The Balaban J connectivity index is 0.000000106. The Hall–Kier alpha value is -5.87. The van der Waals surface area contributed by atoms with Crippen LogP contribution in [0.3, 0.4) is 0 Å². The summed E-state index contributed by atoms with van der Waals surface area (Å²) in [7, 11) is 0. The molecule has 0 amide bonds. The first-order valence-electron chi connectivity index (χ1n) is 19.6. The van der Waals surface area contributed by atoms with E-state index in [1.165, 1.54) is 72.5 Å². The second-order valence-corrected chi connectivity index (χ2v) is 14.4. The van der Waals surface area contributed by atoms with Gasteiger partial charge in [0.1, 0.15) is 0 Å². The number of nitrogens with zero attached hydrogens (tertiary/aromatic N) is 4. The molecule has 0 aliphatic heterocycles. The summed E-state index contributed by atoms with van der Waals surface area (Å²) in [5.41, 5.74) is 20.4. The maximum Gasteiger partial charge on any atom is 0.0736 e. The molecular weight excluding hydrogens is 873 g/mol. The molecule has 0 atom stereocenters. The van der Waals surface area contributed by atoms with E-state index >= 15 is 0 Å². The third-order valence-corrected chi connectivity index (χ3v) is 11.0. The van der Waals surface area contributed by atoms with Gasteiger partial charge in [-0.3, -0.25) is 4.98 Å². The van der Waals surface area contributed by atoms with Crippen molar-refractivity contribution in [2.45, 2.75) is 51.4 Å². The molecule has 0 saturated heterocycles. The van der Waals surface area contributed by atoms with Crippen LogP contribution >= 0.6 is 0 Å². The molecule has 4 nitrogen and oxygen atoms in total. The summed E-state index contributed by atoms with van der Waals surface area (Å²) >= 11 is 0. The molecule has 4 aliphatic carbocycles. The second kappa shape index (κ2) is 17.9. The monoisotopic (exact) mass is 914 g/mol. The minimum Gasteiger partial charge on any atom is -0.304 e. The van der Waals surface area contributed by atoms with Gasteiger partial charge in [-0.05, 0) is 84.6 Å². The number of hydrogen-bond donors (Lipinski definition) is 0. The fourth-order valence-electron chi connectivity index (χ4n) is 8.23. The van der Waals surface area contributed by atoms with Crippen LogP contribution in [-0.4, -0.2) is 19.9 Å². The van der Waals surface area contributed by atoms with Gasteiger partial charge in [-0.2, -0.15) is 0 Å². The smallest absolute Gasteiger partial charge is 0.0736 e. The number of fused-ring (bicyclic) bond motifs is 12. The van der Waals surface area contributed by atoms with E-state index in [9.17, 15) is 0 Å². The molecule has 0 saturated carbocycles.